The first-order valence-corrected chi connectivity index (χ1v) is 5.56. The van der Waals surface area contributed by atoms with E-state index in [2.05, 4.69) is 0 Å². The molecule has 1 aliphatic heterocycles. The van der Waals surface area contributed by atoms with E-state index in [1.807, 2.05) is 6.92 Å². The second kappa shape index (κ2) is 5.92. The molecule has 1 aliphatic rings. The second-order valence-electron chi connectivity index (χ2n) is 3.99. The lowest BCUT2D eigenvalue weighted by atomic mass is 10.3. The van der Waals surface area contributed by atoms with Gasteiger partial charge in [0, 0.05) is 0 Å². The molecule has 15 heavy (non-hydrogen) atoms. The van der Waals surface area contributed by atoms with Gasteiger partial charge in [0.25, 0.3) is 0 Å². The topological polar surface area (TPSA) is 54.2 Å². The van der Waals surface area contributed by atoms with Crippen LogP contribution >= 0.6 is 0 Å². The molecular formula is C10H21N2O3+. The largest absolute Gasteiger partial charge is 0.450 e. The molecule has 0 unspecified atom stereocenters. The molecule has 0 bridgehead atoms. The smallest absolute Gasteiger partial charge is 0.410 e. The summed E-state index contributed by atoms with van der Waals surface area (Å²) in [7, 11) is 0. The standard InChI is InChI=1S/C10H20N2O3/c1-3-15-10(14)12-6-4-11(5-7-12)8-9(2)13/h9,13H,3-8H2,1-2H3/p+1/t9-/m1/s1. The quantitative estimate of drug-likeness (QED) is 0.619. The Balaban J connectivity index is 2.26. The number of piperazine rings is 1. The van der Waals surface area contributed by atoms with Gasteiger partial charge in [0.2, 0.25) is 0 Å². The van der Waals surface area contributed by atoms with Gasteiger partial charge in [-0.3, -0.25) is 4.90 Å². The maximum Gasteiger partial charge on any atom is 0.410 e. The summed E-state index contributed by atoms with van der Waals surface area (Å²) in [4.78, 5) is 14.5. The Morgan fingerprint density at radius 2 is 2.13 bits per heavy atom. The lowest BCUT2D eigenvalue weighted by Gasteiger charge is -2.31. The van der Waals surface area contributed by atoms with Crippen LogP contribution in [0.25, 0.3) is 0 Å². The van der Waals surface area contributed by atoms with Gasteiger partial charge in [0.1, 0.15) is 12.6 Å². The molecule has 0 aliphatic carbocycles. The highest BCUT2D eigenvalue weighted by Crippen LogP contribution is 1.94. The van der Waals surface area contributed by atoms with Crippen LogP contribution in [0.15, 0.2) is 0 Å². The number of hydrogen-bond acceptors (Lipinski definition) is 3. The number of amides is 1. The van der Waals surface area contributed by atoms with E-state index >= 15 is 0 Å². The van der Waals surface area contributed by atoms with E-state index < -0.39 is 0 Å². The zero-order chi connectivity index (χ0) is 11.3. The summed E-state index contributed by atoms with van der Waals surface area (Å²) in [5.41, 5.74) is 0. The molecule has 1 atom stereocenters. The molecule has 88 valence electrons. The third kappa shape index (κ3) is 4.05. The maximum atomic E-state index is 11.4. The maximum absolute atomic E-state index is 11.4. The van der Waals surface area contributed by atoms with Crippen LogP contribution in [-0.4, -0.2) is 61.5 Å². The Kier molecular flexibility index (Phi) is 4.84. The molecule has 0 aromatic rings. The van der Waals surface area contributed by atoms with Gasteiger partial charge < -0.3 is 14.7 Å². The number of rotatable bonds is 3. The van der Waals surface area contributed by atoms with E-state index in [1.165, 1.54) is 4.90 Å². The summed E-state index contributed by atoms with van der Waals surface area (Å²) < 4.78 is 4.93. The minimum atomic E-state index is -0.269. The molecule has 2 N–H and O–H groups in total. The van der Waals surface area contributed by atoms with Gasteiger partial charge in [-0.05, 0) is 13.8 Å². The number of quaternary nitrogens is 1. The number of ether oxygens (including phenoxy) is 1. The fourth-order valence-electron chi connectivity index (χ4n) is 1.84. The summed E-state index contributed by atoms with van der Waals surface area (Å²) in [6.07, 6.45) is -0.484. The van der Waals surface area contributed by atoms with Gasteiger partial charge in [0.15, 0.2) is 0 Å². The third-order valence-corrected chi connectivity index (χ3v) is 2.58. The summed E-state index contributed by atoms with van der Waals surface area (Å²) in [6.45, 7) is 8.03. The Hall–Kier alpha value is -0.810. The molecule has 1 rings (SSSR count). The molecule has 0 radical (unpaired) electrons. The van der Waals surface area contributed by atoms with Crippen LogP contribution in [-0.2, 0) is 4.74 Å². The minimum Gasteiger partial charge on any atom is -0.450 e. The van der Waals surface area contributed by atoms with Crippen molar-refractivity contribution in [3.8, 4) is 0 Å². The van der Waals surface area contributed by atoms with Crippen molar-refractivity contribution in [3.63, 3.8) is 0 Å². The van der Waals surface area contributed by atoms with Gasteiger partial charge in [0.05, 0.1) is 32.8 Å². The van der Waals surface area contributed by atoms with Gasteiger partial charge in [-0.2, -0.15) is 0 Å². The lowest BCUT2D eigenvalue weighted by Crippen LogP contribution is -3.15. The summed E-state index contributed by atoms with van der Waals surface area (Å²) >= 11 is 0. The van der Waals surface area contributed by atoms with Crippen molar-refractivity contribution in [1.82, 2.24) is 4.90 Å². The molecule has 0 saturated carbocycles. The predicted octanol–water partition coefficient (Wildman–Crippen LogP) is -1.28. The molecule has 1 amide bonds. The number of carbonyl (C=O) groups excluding carboxylic acids is 1. The van der Waals surface area contributed by atoms with Crippen molar-refractivity contribution in [1.29, 1.82) is 0 Å². The highest BCUT2D eigenvalue weighted by atomic mass is 16.6. The van der Waals surface area contributed by atoms with Crippen LogP contribution < -0.4 is 4.90 Å². The average Bonchev–Trinajstić information content (AvgIpc) is 2.18. The van der Waals surface area contributed by atoms with Crippen LogP contribution in [0.4, 0.5) is 4.79 Å². The molecule has 0 aromatic heterocycles. The minimum absolute atomic E-state index is 0.214. The Morgan fingerprint density at radius 1 is 1.53 bits per heavy atom. The number of carbonyl (C=O) groups is 1. The van der Waals surface area contributed by atoms with Gasteiger partial charge in [-0.25, -0.2) is 4.79 Å². The van der Waals surface area contributed by atoms with E-state index in [9.17, 15) is 9.90 Å². The van der Waals surface area contributed by atoms with Gasteiger partial charge in [-0.1, -0.05) is 0 Å². The molecule has 5 nitrogen and oxygen atoms in total. The molecule has 0 spiro atoms. The normalized spacial score (nSPS) is 20.1. The zero-order valence-corrected chi connectivity index (χ0v) is 9.53. The Bertz CT molecular complexity index is 201. The molecule has 1 saturated heterocycles. The van der Waals surface area contributed by atoms with Crippen molar-refractivity contribution >= 4 is 6.09 Å². The Morgan fingerprint density at radius 3 is 2.60 bits per heavy atom. The van der Waals surface area contributed by atoms with Crippen molar-refractivity contribution in [2.24, 2.45) is 0 Å². The Labute approximate surface area is 90.6 Å². The number of hydrogen-bond donors (Lipinski definition) is 2. The first kappa shape index (κ1) is 12.3. The highest BCUT2D eigenvalue weighted by Gasteiger charge is 2.24. The van der Waals surface area contributed by atoms with Crippen molar-refractivity contribution in [3.05, 3.63) is 0 Å². The van der Waals surface area contributed by atoms with E-state index in [-0.39, 0.29) is 12.2 Å². The van der Waals surface area contributed by atoms with Crippen LogP contribution in [0, 0.1) is 0 Å². The van der Waals surface area contributed by atoms with Crippen LogP contribution in [0.3, 0.4) is 0 Å². The first-order chi connectivity index (χ1) is 7.13. The van der Waals surface area contributed by atoms with Gasteiger partial charge >= 0.3 is 6.09 Å². The number of aliphatic hydroxyl groups is 1. The van der Waals surface area contributed by atoms with E-state index in [1.54, 1.807) is 11.8 Å². The van der Waals surface area contributed by atoms with Gasteiger partial charge in [-0.15, -0.1) is 0 Å². The summed E-state index contributed by atoms with van der Waals surface area (Å²) in [5.74, 6) is 0. The lowest BCUT2D eigenvalue weighted by molar-refractivity contribution is -0.906. The zero-order valence-electron chi connectivity index (χ0n) is 9.53. The van der Waals surface area contributed by atoms with Crippen molar-refractivity contribution in [2.45, 2.75) is 20.0 Å². The molecule has 5 heteroatoms. The summed E-state index contributed by atoms with van der Waals surface area (Å²) in [6, 6.07) is 0. The van der Waals surface area contributed by atoms with Crippen LogP contribution in [0.1, 0.15) is 13.8 Å². The van der Waals surface area contributed by atoms with Crippen LogP contribution in [0.2, 0.25) is 0 Å². The number of nitrogens with zero attached hydrogens (tertiary/aromatic N) is 1. The number of aliphatic hydroxyl groups excluding tert-OH is 1. The molecule has 1 heterocycles. The fraction of sp³-hybridized carbons (Fsp3) is 0.900. The van der Waals surface area contributed by atoms with Crippen LogP contribution in [0.5, 0.6) is 0 Å². The molecular weight excluding hydrogens is 196 g/mol. The average molecular weight is 217 g/mol. The highest BCUT2D eigenvalue weighted by molar-refractivity contribution is 5.67. The van der Waals surface area contributed by atoms with E-state index in [4.69, 9.17) is 4.74 Å². The van der Waals surface area contributed by atoms with Crippen molar-refractivity contribution < 1.29 is 19.5 Å². The number of nitrogens with one attached hydrogen (secondary N) is 1. The summed E-state index contributed by atoms with van der Waals surface area (Å²) in [5, 5.41) is 9.24. The molecule has 1 fully saturated rings. The second-order valence-corrected chi connectivity index (χ2v) is 3.99. The van der Waals surface area contributed by atoms with E-state index in [0.717, 1.165) is 32.7 Å². The molecule has 0 aromatic carbocycles. The monoisotopic (exact) mass is 217 g/mol. The third-order valence-electron chi connectivity index (χ3n) is 2.58. The SMILES string of the molecule is CCOC(=O)N1CC[NH+](C[C@@H](C)O)CC1. The van der Waals surface area contributed by atoms with Crippen molar-refractivity contribution in [2.75, 3.05) is 39.3 Å². The fourth-order valence-corrected chi connectivity index (χ4v) is 1.84. The van der Waals surface area contributed by atoms with E-state index in [0.29, 0.717) is 6.61 Å². The first-order valence-electron chi connectivity index (χ1n) is 5.56. The predicted molar refractivity (Wildman–Crippen MR) is 55.8 cm³/mol.